The van der Waals surface area contributed by atoms with Crippen molar-refractivity contribution >= 4 is 33.2 Å². The molecule has 0 aliphatic heterocycles. The van der Waals surface area contributed by atoms with Gasteiger partial charge >= 0.3 is 0 Å². The van der Waals surface area contributed by atoms with E-state index >= 15 is 0 Å². The van der Waals surface area contributed by atoms with Gasteiger partial charge < -0.3 is 4.57 Å². The number of hydrogen-bond acceptors (Lipinski definition) is 4. The van der Waals surface area contributed by atoms with Crippen molar-refractivity contribution in [3.05, 3.63) is 40.6 Å². The highest BCUT2D eigenvalue weighted by Gasteiger charge is 2.11. The number of fused-ring (bicyclic) bond motifs is 1. The van der Waals surface area contributed by atoms with E-state index in [2.05, 4.69) is 26.4 Å². The Hall–Kier alpha value is -1.46. The van der Waals surface area contributed by atoms with Gasteiger partial charge in [0.2, 0.25) is 5.28 Å². The minimum Gasteiger partial charge on any atom is -0.335 e. The minimum atomic E-state index is 0.304. The summed E-state index contributed by atoms with van der Waals surface area (Å²) < 4.78 is 2.16. The summed E-state index contributed by atoms with van der Waals surface area (Å²) in [7, 11) is 0. The molecule has 0 unspecified atom stereocenters. The maximum Gasteiger partial charge on any atom is 0.223 e. The van der Waals surface area contributed by atoms with Gasteiger partial charge in [-0.1, -0.05) is 6.92 Å². The molecular weight excluding hydrogens is 280 g/mol. The predicted molar refractivity (Wildman–Crippen MR) is 77.7 cm³/mol. The van der Waals surface area contributed by atoms with Crippen LogP contribution in [-0.4, -0.2) is 19.5 Å². The standard InChI is InChI=1S/C13H13ClN4S/c1-2-5-18-6-4-15-11(18)8-10-9-3-7-19-12(9)17-13(14)16-10/h3-4,6-7H,2,5,8H2,1H3. The molecule has 0 radical (unpaired) electrons. The van der Waals surface area contributed by atoms with Crippen molar-refractivity contribution in [1.82, 2.24) is 19.5 Å². The monoisotopic (exact) mass is 292 g/mol. The Morgan fingerprint density at radius 2 is 2.26 bits per heavy atom. The van der Waals surface area contributed by atoms with Gasteiger partial charge in [0.25, 0.3) is 0 Å². The number of hydrogen-bond donors (Lipinski definition) is 0. The number of halogens is 1. The fourth-order valence-electron chi connectivity index (χ4n) is 2.12. The molecule has 0 N–H and O–H groups in total. The molecule has 0 saturated heterocycles. The molecule has 0 aliphatic rings. The normalized spacial score (nSPS) is 11.3. The molecule has 4 nitrogen and oxygen atoms in total. The van der Waals surface area contributed by atoms with E-state index in [4.69, 9.17) is 11.6 Å². The fraction of sp³-hybridized carbons (Fsp3) is 0.308. The van der Waals surface area contributed by atoms with Crippen LogP contribution in [0.2, 0.25) is 5.28 Å². The Balaban J connectivity index is 2.00. The molecule has 3 aromatic heterocycles. The number of thiophene rings is 1. The highest BCUT2D eigenvalue weighted by molar-refractivity contribution is 7.16. The van der Waals surface area contributed by atoms with Gasteiger partial charge in [-0.25, -0.2) is 15.0 Å². The first kappa shape index (κ1) is 12.6. The van der Waals surface area contributed by atoms with Crippen LogP contribution in [0.15, 0.2) is 23.8 Å². The van der Waals surface area contributed by atoms with E-state index in [9.17, 15) is 0 Å². The van der Waals surface area contributed by atoms with Gasteiger partial charge in [0.15, 0.2) is 0 Å². The average Bonchev–Trinajstić information content (AvgIpc) is 2.99. The maximum absolute atomic E-state index is 5.98. The van der Waals surface area contributed by atoms with Gasteiger partial charge in [-0.3, -0.25) is 0 Å². The molecule has 0 bridgehead atoms. The largest absolute Gasteiger partial charge is 0.335 e. The van der Waals surface area contributed by atoms with Crippen LogP contribution in [0, 0.1) is 0 Å². The molecule has 0 aliphatic carbocycles. The van der Waals surface area contributed by atoms with Crippen LogP contribution < -0.4 is 0 Å². The van der Waals surface area contributed by atoms with Crippen molar-refractivity contribution < 1.29 is 0 Å². The Bertz CT molecular complexity index is 704. The summed E-state index contributed by atoms with van der Waals surface area (Å²) in [5.41, 5.74) is 0.944. The van der Waals surface area contributed by atoms with E-state index in [0.717, 1.165) is 34.7 Å². The highest BCUT2D eigenvalue weighted by Crippen LogP contribution is 2.24. The fourth-order valence-corrected chi connectivity index (χ4v) is 3.15. The van der Waals surface area contributed by atoms with Crippen molar-refractivity contribution in [3.63, 3.8) is 0 Å². The molecule has 0 atom stereocenters. The summed E-state index contributed by atoms with van der Waals surface area (Å²) in [6.45, 7) is 3.13. The third kappa shape index (κ3) is 2.48. The molecule has 0 aromatic carbocycles. The van der Waals surface area contributed by atoms with Crippen molar-refractivity contribution in [3.8, 4) is 0 Å². The lowest BCUT2D eigenvalue weighted by Gasteiger charge is -2.06. The number of aromatic nitrogens is 4. The lowest BCUT2D eigenvalue weighted by atomic mass is 10.2. The Labute approximate surface area is 120 Å². The second kappa shape index (κ2) is 5.27. The third-order valence-electron chi connectivity index (χ3n) is 2.97. The smallest absolute Gasteiger partial charge is 0.223 e. The number of aryl methyl sites for hydroxylation is 1. The zero-order chi connectivity index (χ0) is 13.2. The molecule has 3 heterocycles. The summed E-state index contributed by atoms with van der Waals surface area (Å²) in [5, 5.41) is 3.39. The topological polar surface area (TPSA) is 43.6 Å². The van der Waals surface area contributed by atoms with Crippen LogP contribution >= 0.6 is 22.9 Å². The van der Waals surface area contributed by atoms with E-state index < -0.39 is 0 Å². The van der Waals surface area contributed by atoms with Crippen molar-refractivity contribution in [1.29, 1.82) is 0 Å². The molecule has 0 saturated carbocycles. The summed E-state index contributed by atoms with van der Waals surface area (Å²) in [4.78, 5) is 13.9. The van der Waals surface area contributed by atoms with Crippen LogP contribution in [0.4, 0.5) is 0 Å². The van der Waals surface area contributed by atoms with E-state index in [1.165, 1.54) is 0 Å². The van der Waals surface area contributed by atoms with Crippen molar-refractivity contribution in [2.24, 2.45) is 0 Å². The van der Waals surface area contributed by atoms with E-state index in [0.29, 0.717) is 11.7 Å². The number of imidazole rings is 1. The quantitative estimate of drug-likeness (QED) is 0.691. The Kier molecular flexibility index (Phi) is 3.48. The predicted octanol–water partition coefficient (Wildman–Crippen LogP) is 3.54. The maximum atomic E-state index is 5.98. The summed E-state index contributed by atoms with van der Waals surface area (Å²) in [5.74, 6) is 1.02. The second-order valence-corrected chi connectivity index (χ2v) is 5.53. The Morgan fingerprint density at radius 3 is 3.11 bits per heavy atom. The first-order chi connectivity index (χ1) is 9.28. The molecule has 3 rings (SSSR count). The van der Waals surface area contributed by atoms with E-state index in [1.54, 1.807) is 11.3 Å². The van der Waals surface area contributed by atoms with E-state index in [1.807, 2.05) is 23.8 Å². The zero-order valence-electron chi connectivity index (χ0n) is 10.5. The molecular formula is C13H13ClN4S. The molecule has 0 spiro atoms. The number of nitrogens with zero attached hydrogens (tertiary/aromatic N) is 4. The Morgan fingerprint density at radius 1 is 1.37 bits per heavy atom. The lowest BCUT2D eigenvalue weighted by molar-refractivity contribution is 0.645. The molecule has 6 heteroatoms. The average molecular weight is 293 g/mol. The summed E-state index contributed by atoms with van der Waals surface area (Å²) in [6, 6.07) is 2.04. The molecule has 98 valence electrons. The minimum absolute atomic E-state index is 0.304. The van der Waals surface area contributed by atoms with Gasteiger partial charge in [-0.2, -0.15) is 0 Å². The zero-order valence-corrected chi connectivity index (χ0v) is 12.1. The van der Waals surface area contributed by atoms with Gasteiger partial charge in [-0.05, 0) is 29.5 Å². The lowest BCUT2D eigenvalue weighted by Crippen LogP contribution is -2.05. The van der Waals surface area contributed by atoms with Gasteiger partial charge in [-0.15, -0.1) is 11.3 Å². The summed E-state index contributed by atoms with van der Waals surface area (Å²) in [6.07, 6.45) is 5.61. The summed E-state index contributed by atoms with van der Waals surface area (Å²) >= 11 is 7.56. The van der Waals surface area contributed by atoms with Crippen LogP contribution in [0.5, 0.6) is 0 Å². The van der Waals surface area contributed by atoms with Gasteiger partial charge in [0.05, 0.1) is 5.69 Å². The first-order valence-electron chi connectivity index (χ1n) is 6.17. The van der Waals surface area contributed by atoms with Gasteiger partial charge in [0, 0.05) is 30.7 Å². The van der Waals surface area contributed by atoms with Crippen LogP contribution in [0.25, 0.3) is 10.2 Å². The molecule has 0 amide bonds. The van der Waals surface area contributed by atoms with Gasteiger partial charge in [0.1, 0.15) is 10.7 Å². The number of rotatable bonds is 4. The third-order valence-corrected chi connectivity index (χ3v) is 3.94. The molecule has 3 aromatic rings. The molecule has 0 fully saturated rings. The van der Waals surface area contributed by atoms with Crippen LogP contribution in [-0.2, 0) is 13.0 Å². The van der Waals surface area contributed by atoms with Crippen LogP contribution in [0.3, 0.4) is 0 Å². The highest BCUT2D eigenvalue weighted by atomic mass is 35.5. The van der Waals surface area contributed by atoms with Crippen molar-refractivity contribution in [2.75, 3.05) is 0 Å². The SMILES string of the molecule is CCCn1ccnc1Cc1nc(Cl)nc2sccc12. The van der Waals surface area contributed by atoms with E-state index in [-0.39, 0.29) is 0 Å². The second-order valence-electron chi connectivity index (χ2n) is 4.29. The van der Waals surface area contributed by atoms with Crippen LogP contribution in [0.1, 0.15) is 24.9 Å². The first-order valence-corrected chi connectivity index (χ1v) is 7.43. The van der Waals surface area contributed by atoms with Crippen molar-refractivity contribution in [2.45, 2.75) is 26.3 Å². The molecule has 19 heavy (non-hydrogen) atoms.